The van der Waals surface area contributed by atoms with E-state index in [4.69, 9.17) is 28.3 Å². The Morgan fingerprint density at radius 2 is 1.61 bits per heavy atom. The van der Waals surface area contributed by atoms with Gasteiger partial charge in [0.05, 0.1) is 15.6 Å². The molecule has 0 aliphatic carbocycles. The lowest BCUT2D eigenvalue weighted by molar-refractivity contribution is 0.0696. The predicted octanol–water partition coefficient (Wildman–Crippen LogP) is 4.67. The number of halogens is 2. The van der Waals surface area contributed by atoms with Gasteiger partial charge in [0.25, 0.3) is 0 Å². The van der Waals surface area contributed by atoms with Crippen LogP contribution >= 0.6 is 23.2 Å². The fraction of sp³-hybridized carbons (Fsp3) is 0.0714. The maximum atomic E-state index is 11.1. The number of benzene rings is 2. The van der Waals surface area contributed by atoms with Crippen LogP contribution in [0.4, 0.5) is 0 Å². The summed E-state index contributed by atoms with van der Waals surface area (Å²) in [5.41, 5.74) is 2.66. The third-order valence-electron chi connectivity index (χ3n) is 2.72. The number of carboxylic acids is 1. The molecule has 0 atom stereocenters. The minimum Gasteiger partial charge on any atom is -0.478 e. The first-order valence-corrected chi connectivity index (χ1v) is 6.04. The minimum atomic E-state index is -0.936. The number of carboxylic acid groups (broad SMARTS) is 1. The summed E-state index contributed by atoms with van der Waals surface area (Å²) in [5.74, 6) is -0.936. The first-order valence-electron chi connectivity index (χ1n) is 5.28. The summed E-state index contributed by atoms with van der Waals surface area (Å²) in [6.45, 7) is 1.77. The van der Waals surface area contributed by atoms with E-state index in [1.54, 1.807) is 31.2 Å². The zero-order chi connectivity index (χ0) is 13.3. The average molecular weight is 281 g/mol. The van der Waals surface area contributed by atoms with Crippen molar-refractivity contribution < 1.29 is 9.90 Å². The van der Waals surface area contributed by atoms with Gasteiger partial charge in [-0.2, -0.15) is 0 Å². The Balaban J connectivity index is 2.54. The quantitative estimate of drug-likeness (QED) is 0.868. The van der Waals surface area contributed by atoms with Gasteiger partial charge in [-0.1, -0.05) is 41.4 Å². The van der Waals surface area contributed by atoms with E-state index < -0.39 is 5.97 Å². The molecule has 2 rings (SSSR count). The summed E-state index contributed by atoms with van der Waals surface area (Å²) < 4.78 is 0. The Morgan fingerprint density at radius 1 is 1.00 bits per heavy atom. The second kappa shape index (κ2) is 5.01. The van der Waals surface area contributed by atoms with Crippen molar-refractivity contribution in [3.8, 4) is 11.1 Å². The van der Waals surface area contributed by atoms with Crippen molar-refractivity contribution in [2.75, 3.05) is 0 Å². The molecule has 0 unspecified atom stereocenters. The van der Waals surface area contributed by atoms with Crippen LogP contribution < -0.4 is 0 Å². The lowest BCUT2D eigenvalue weighted by Crippen LogP contribution is -1.99. The highest BCUT2D eigenvalue weighted by Gasteiger charge is 2.09. The summed E-state index contributed by atoms with van der Waals surface area (Å²) in [5, 5.41) is 10.0. The van der Waals surface area contributed by atoms with Crippen molar-refractivity contribution in [1.29, 1.82) is 0 Å². The highest BCUT2D eigenvalue weighted by Crippen LogP contribution is 2.29. The van der Waals surface area contributed by atoms with Crippen LogP contribution in [-0.2, 0) is 0 Å². The van der Waals surface area contributed by atoms with Gasteiger partial charge >= 0.3 is 5.97 Å². The maximum Gasteiger partial charge on any atom is 0.335 e. The Labute approximate surface area is 115 Å². The number of hydrogen-bond acceptors (Lipinski definition) is 1. The standard InChI is InChI=1S/C14H10Cl2O2/c1-8-2-3-9(6-11(8)14(17)18)10-4-5-12(15)13(16)7-10/h2-7H,1H3,(H,17,18). The molecule has 2 nitrogen and oxygen atoms in total. The van der Waals surface area contributed by atoms with E-state index in [0.717, 1.165) is 16.7 Å². The molecule has 0 saturated heterocycles. The van der Waals surface area contributed by atoms with Gasteiger partial charge in [-0.15, -0.1) is 0 Å². The van der Waals surface area contributed by atoms with Crippen molar-refractivity contribution in [3.05, 3.63) is 57.6 Å². The van der Waals surface area contributed by atoms with Gasteiger partial charge in [0.1, 0.15) is 0 Å². The summed E-state index contributed by atoms with van der Waals surface area (Å²) in [7, 11) is 0. The molecule has 0 heterocycles. The molecule has 2 aromatic rings. The van der Waals surface area contributed by atoms with Gasteiger partial charge in [0.2, 0.25) is 0 Å². The average Bonchev–Trinajstić information content (AvgIpc) is 2.33. The number of carbonyl (C=O) groups is 1. The Hall–Kier alpha value is -1.51. The summed E-state index contributed by atoms with van der Waals surface area (Å²) in [6.07, 6.45) is 0. The Kier molecular flexibility index (Phi) is 3.60. The van der Waals surface area contributed by atoms with Crippen LogP contribution in [0.15, 0.2) is 36.4 Å². The molecule has 4 heteroatoms. The molecule has 0 spiro atoms. The second-order valence-electron chi connectivity index (χ2n) is 3.96. The molecular weight excluding hydrogens is 271 g/mol. The maximum absolute atomic E-state index is 11.1. The topological polar surface area (TPSA) is 37.3 Å². The fourth-order valence-corrected chi connectivity index (χ4v) is 2.01. The van der Waals surface area contributed by atoms with E-state index in [0.29, 0.717) is 15.6 Å². The van der Waals surface area contributed by atoms with Crippen LogP contribution in [-0.4, -0.2) is 11.1 Å². The first-order chi connectivity index (χ1) is 8.49. The van der Waals surface area contributed by atoms with Gasteiger partial charge < -0.3 is 5.11 Å². The van der Waals surface area contributed by atoms with Crippen molar-refractivity contribution in [3.63, 3.8) is 0 Å². The van der Waals surface area contributed by atoms with Crippen LogP contribution in [0.3, 0.4) is 0 Å². The molecule has 0 fully saturated rings. The highest BCUT2D eigenvalue weighted by molar-refractivity contribution is 6.42. The van der Waals surface area contributed by atoms with Gasteiger partial charge in [-0.25, -0.2) is 4.79 Å². The molecule has 2 aromatic carbocycles. The predicted molar refractivity (Wildman–Crippen MR) is 73.6 cm³/mol. The van der Waals surface area contributed by atoms with Crippen LogP contribution in [0, 0.1) is 6.92 Å². The summed E-state index contributed by atoms with van der Waals surface area (Å²) >= 11 is 11.8. The van der Waals surface area contributed by atoms with Gasteiger partial charge in [0, 0.05) is 0 Å². The fourth-order valence-electron chi connectivity index (χ4n) is 1.71. The molecule has 0 aromatic heterocycles. The van der Waals surface area contributed by atoms with Crippen LogP contribution in [0.2, 0.25) is 10.0 Å². The van der Waals surface area contributed by atoms with Crippen molar-refractivity contribution in [1.82, 2.24) is 0 Å². The monoisotopic (exact) mass is 280 g/mol. The van der Waals surface area contributed by atoms with E-state index in [1.807, 2.05) is 12.1 Å². The van der Waals surface area contributed by atoms with E-state index in [-0.39, 0.29) is 0 Å². The minimum absolute atomic E-state index is 0.290. The molecular formula is C14H10Cl2O2. The summed E-state index contributed by atoms with van der Waals surface area (Å²) in [4.78, 5) is 11.1. The SMILES string of the molecule is Cc1ccc(-c2ccc(Cl)c(Cl)c2)cc1C(=O)O. The lowest BCUT2D eigenvalue weighted by Gasteiger charge is -2.07. The third kappa shape index (κ3) is 2.50. The lowest BCUT2D eigenvalue weighted by atomic mass is 10.00. The zero-order valence-corrected chi connectivity index (χ0v) is 11.1. The van der Waals surface area contributed by atoms with Crippen LogP contribution in [0.25, 0.3) is 11.1 Å². The molecule has 0 aliphatic rings. The van der Waals surface area contributed by atoms with Gasteiger partial charge in [-0.3, -0.25) is 0 Å². The Morgan fingerprint density at radius 3 is 2.22 bits per heavy atom. The van der Waals surface area contributed by atoms with E-state index in [9.17, 15) is 4.79 Å². The van der Waals surface area contributed by atoms with Crippen LogP contribution in [0.5, 0.6) is 0 Å². The van der Waals surface area contributed by atoms with E-state index in [2.05, 4.69) is 0 Å². The van der Waals surface area contributed by atoms with Gasteiger partial charge in [-0.05, 0) is 41.8 Å². The van der Waals surface area contributed by atoms with Crippen molar-refractivity contribution >= 4 is 29.2 Å². The number of aromatic carboxylic acids is 1. The smallest absolute Gasteiger partial charge is 0.335 e. The molecule has 0 bridgehead atoms. The number of rotatable bonds is 2. The molecule has 1 N–H and O–H groups in total. The molecule has 92 valence electrons. The van der Waals surface area contributed by atoms with Crippen molar-refractivity contribution in [2.24, 2.45) is 0 Å². The van der Waals surface area contributed by atoms with Gasteiger partial charge in [0.15, 0.2) is 0 Å². The summed E-state index contributed by atoms with van der Waals surface area (Å²) in [6, 6.07) is 10.5. The normalized spacial score (nSPS) is 10.4. The molecule has 18 heavy (non-hydrogen) atoms. The highest BCUT2D eigenvalue weighted by atomic mass is 35.5. The molecule has 0 amide bonds. The van der Waals surface area contributed by atoms with Crippen molar-refractivity contribution in [2.45, 2.75) is 6.92 Å². The number of hydrogen-bond donors (Lipinski definition) is 1. The Bertz CT molecular complexity index is 621. The van der Waals surface area contributed by atoms with E-state index in [1.165, 1.54) is 0 Å². The number of aryl methyl sites for hydroxylation is 1. The third-order valence-corrected chi connectivity index (χ3v) is 3.46. The zero-order valence-electron chi connectivity index (χ0n) is 9.58. The van der Waals surface area contributed by atoms with E-state index >= 15 is 0 Å². The second-order valence-corrected chi connectivity index (χ2v) is 4.78. The molecule has 0 saturated carbocycles. The molecule has 0 aliphatic heterocycles. The largest absolute Gasteiger partial charge is 0.478 e. The van der Waals surface area contributed by atoms with Crippen LogP contribution in [0.1, 0.15) is 15.9 Å². The molecule has 0 radical (unpaired) electrons. The first kappa shape index (κ1) is 12.9.